The summed E-state index contributed by atoms with van der Waals surface area (Å²) in [5, 5.41) is 0. The molecule has 0 amide bonds. The van der Waals surface area contributed by atoms with Crippen molar-refractivity contribution < 1.29 is 11.4 Å². The largest absolute Gasteiger partial charge is 0.905 e. The van der Waals surface area contributed by atoms with Crippen LogP contribution in [0.1, 0.15) is 41.5 Å². The summed E-state index contributed by atoms with van der Waals surface area (Å²) in [6, 6.07) is 0. The Balaban J connectivity index is 4.24. The fourth-order valence-electron chi connectivity index (χ4n) is 2.60. The molecule has 0 spiro atoms. The molecular weight excluding hydrogens is 333 g/mol. The third-order valence-corrected chi connectivity index (χ3v) is 6.19. The minimum absolute atomic E-state index is 0.690. The van der Waals surface area contributed by atoms with Gasteiger partial charge in [-0.3, -0.25) is 0 Å². The molecule has 0 atom stereocenters. The van der Waals surface area contributed by atoms with Crippen molar-refractivity contribution in [2.45, 2.75) is 41.5 Å². The fraction of sp³-hybridized carbons (Fsp3) is 1.00. The lowest BCUT2D eigenvalue weighted by Crippen LogP contribution is -2.37. The van der Waals surface area contributed by atoms with Crippen molar-refractivity contribution in [2.24, 2.45) is 0 Å². The van der Waals surface area contributed by atoms with Crippen LogP contribution in [0.15, 0.2) is 0 Å². The molecule has 0 aromatic carbocycles. The molecule has 0 aromatic rings. The minimum Gasteiger partial charge on any atom is -0.453 e. The van der Waals surface area contributed by atoms with Crippen LogP contribution < -0.4 is 0 Å². The van der Waals surface area contributed by atoms with Crippen LogP contribution in [0.4, 0.5) is 0 Å². The molecule has 0 bridgehead atoms. The summed E-state index contributed by atoms with van der Waals surface area (Å²) in [6.45, 7) is 24.3. The molecule has 0 aliphatic carbocycles. The van der Waals surface area contributed by atoms with Crippen molar-refractivity contribution in [3.05, 3.63) is 0 Å². The van der Waals surface area contributed by atoms with E-state index in [1.807, 2.05) is 0 Å². The maximum absolute atomic E-state index is 5.99. The fourth-order valence-corrected chi connectivity index (χ4v) is 3.78. The first kappa shape index (κ1) is 25.3. The SMILES string of the molecule is CCN(CC)CC[O][Al]([O]CCN(CC)CC)[O]CCN(CC)CC. The van der Waals surface area contributed by atoms with Crippen LogP contribution in [0.3, 0.4) is 0 Å². The molecule has 0 heterocycles. The molecular formula is C18H42AlN3O3. The summed E-state index contributed by atoms with van der Waals surface area (Å²) >= 11 is -2.06. The van der Waals surface area contributed by atoms with E-state index >= 15 is 0 Å². The number of likely N-dealkylation sites (N-methyl/N-ethyl adjacent to an activating group) is 3. The zero-order chi connectivity index (χ0) is 18.9. The smallest absolute Gasteiger partial charge is 0.453 e. The van der Waals surface area contributed by atoms with Crippen molar-refractivity contribution in [1.82, 2.24) is 14.7 Å². The highest BCUT2D eigenvalue weighted by molar-refractivity contribution is 6.36. The molecule has 0 saturated carbocycles. The standard InChI is InChI=1S/3C6H14NO.Al/c3*1-3-7(4-2)5-6-8;/h3*3-6H2,1-2H3;/q3*-1;+3. The van der Waals surface area contributed by atoms with Gasteiger partial charge >= 0.3 is 15.1 Å². The molecule has 0 rings (SSSR count). The van der Waals surface area contributed by atoms with Gasteiger partial charge in [0.25, 0.3) is 0 Å². The van der Waals surface area contributed by atoms with E-state index in [1.54, 1.807) is 0 Å². The Kier molecular flexibility index (Phi) is 17.9. The van der Waals surface area contributed by atoms with E-state index in [1.165, 1.54) is 0 Å². The van der Waals surface area contributed by atoms with Gasteiger partial charge in [-0.15, -0.1) is 0 Å². The van der Waals surface area contributed by atoms with E-state index in [2.05, 4.69) is 56.2 Å². The molecule has 0 fully saturated rings. The normalized spacial score (nSPS) is 11.9. The molecule has 0 aromatic heterocycles. The van der Waals surface area contributed by atoms with Gasteiger partial charge in [0.05, 0.1) is 0 Å². The predicted octanol–water partition coefficient (Wildman–Crippen LogP) is 2.05. The minimum atomic E-state index is -2.06. The summed E-state index contributed by atoms with van der Waals surface area (Å²) < 4.78 is 18.0. The molecule has 7 heteroatoms. The van der Waals surface area contributed by atoms with E-state index in [-0.39, 0.29) is 0 Å². The topological polar surface area (TPSA) is 37.4 Å². The average Bonchev–Trinajstić information content (AvgIpc) is 2.65. The van der Waals surface area contributed by atoms with E-state index in [9.17, 15) is 0 Å². The Morgan fingerprint density at radius 3 is 0.920 bits per heavy atom. The first-order chi connectivity index (χ1) is 12.1. The van der Waals surface area contributed by atoms with Gasteiger partial charge in [-0.1, -0.05) is 41.5 Å². The number of nitrogens with zero attached hydrogens (tertiary/aromatic N) is 3. The van der Waals surface area contributed by atoms with Gasteiger partial charge in [0.2, 0.25) is 0 Å². The lowest BCUT2D eigenvalue weighted by Gasteiger charge is -2.22. The monoisotopic (exact) mass is 375 g/mol. The van der Waals surface area contributed by atoms with Crippen molar-refractivity contribution in [3.63, 3.8) is 0 Å². The zero-order valence-electron chi connectivity index (χ0n) is 17.6. The number of hydrogen-bond donors (Lipinski definition) is 0. The highest BCUT2D eigenvalue weighted by Crippen LogP contribution is 1.98. The highest BCUT2D eigenvalue weighted by atomic mass is 27.3. The summed E-state index contributed by atoms with van der Waals surface area (Å²) in [7, 11) is 0. The van der Waals surface area contributed by atoms with Crippen LogP contribution in [-0.4, -0.2) is 109 Å². The van der Waals surface area contributed by atoms with Crippen molar-refractivity contribution >= 4 is 15.1 Å². The lowest BCUT2D eigenvalue weighted by molar-refractivity contribution is 0.0695. The zero-order valence-corrected chi connectivity index (χ0v) is 18.8. The number of rotatable bonds is 18. The van der Waals surface area contributed by atoms with Crippen LogP contribution in [0, 0.1) is 0 Å². The summed E-state index contributed by atoms with van der Waals surface area (Å²) in [5.74, 6) is 0. The second-order valence-electron chi connectivity index (χ2n) is 5.98. The van der Waals surface area contributed by atoms with E-state index in [0.29, 0.717) is 19.8 Å². The first-order valence-electron chi connectivity index (χ1n) is 10.2. The molecule has 0 saturated heterocycles. The van der Waals surface area contributed by atoms with Crippen LogP contribution in [0.2, 0.25) is 0 Å². The van der Waals surface area contributed by atoms with Gasteiger partial charge < -0.3 is 26.1 Å². The Morgan fingerprint density at radius 1 is 0.480 bits per heavy atom. The quantitative estimate of drug-likeness (QED) is 0.341. The summed E-state index contributed by atoms with van der Waals surface area (Å²) in [5.41, 5.74) is 0. The third-order valence-electron chi connectivity index (χ3n) is 4.67. The van der Waals surface area contributed by atoms with Gasteiger partial charge in [-0.25, -0.2) is 0 Å². The summed E-state index contributed by atoms with van der Waals surface area (Å²) in [4.78, 5) is 7.08. The second kappa shape index (κ2) is 17.7. The van der Waals surface area contributed by atoms with Gasteiger partial charge in [-0.05, 0) is 39.3 Å². The van der Waals surface area contributed by atoms with Gasteiger partial charge in [-0.2, -0.15) is 0 Å². The lowest BCUT2D eigenvalue weighted by atomic mass is 10.5. The van der Waals surface area contributed by atoms with Crippen LogP contribution >= 0.6 is 0 Å². The Labute approximate surface area is 161 Å². The third kappa shape index (κ3) is 13.2. The van der Waals surface area contributed by atoms with Gasteiger partial charge in [0, 0.05) is 39.5 Å². The Morgan fingerprint density at radius 2 is 0.720 bits per heavy atom. The number of hydrogen-bond acceptors (Lipinski definition) is 6. The van der Waals surface area contributed by atoms with Crippen LogP contribution in [-0.2, 0) is 11.4 Å². The van der Waals surface area contributed by atoms with Crippen LogP contribution in [0.25, 0.3) is 0 Å². The first-order valence-corrected chi connectivity index (χ1v) is 11.6. The molecule has 6 nitrogen and oxygen atoms in total. The maximum atomic E-state index is 5.99. The maximum Gasteiger partial charge on any atom is 0.905 e. The molecule has 0 aliphatic rings. The second-order valence-corrected chi connectivity index (χ2v) is 7.56. The van der Waals surface area contributed by atoms with E-state index in [0.717, 1.165) is 58.9 Å². The van der Waals surface area contributed by atoms with Crippen molar-refractivity contribution in [2.75, 3.05) is 78.7 Å². The molecule has 0 aliphatic heterocycles. The molecule has 25 heavy (non-hydrogen) atoms. The Hall–Kier alpha value is 0.292. The van der Waals surface area contributed by atoms with Crippen LogP contribution in [0.5, 0.6) is 0 Å². The van der Waals surface area contributed by atoms with Crippen molar-refractivity contribution in [1.29, 1.82) is 0 Å². The highest BCUT2D eigenvalue weighted by Gasteiger charge is 2.31. The van der Waals surface area contributed by atoms with E-state index in [4.69, 9.17) is 11.4 Å². The molecule has 0 N–H and O–H groups in total. The van der Waals surface area contributed by atoms with E-state index < -0.39 is 15.1 Å². The van der Waals surface area contributed by atoms with Gasteiger partial charge in [0.1, 0.15) is 0 Å². The molecule has 0 unspecified atom stereocenters. The average molecular weight is 376 g/mol. The summed E-state index contributed by atoms with van der Waals surface area (Å²) in [6.07, 6.45) is 0. The Bertz CT molecular complexity index is 233. The predicted molar refractivity (Wildman–Crippen MR) is 107 cm³/mol. The van der Waals surface area contributed by atoms with Crippen molar-refractivity contribution in [3.8, 4) is 0 Å². The van der Waals surface area contributed by atoms with Gasteiger partial charge in [0.15, 0.2) is 0 Å². The molecule has 150 valence electrons. The molecule has 0 radical (unpaired) electrons.